The first-order valence-electron chi connectivity index (χ1n) is 17.1. The van der Waals surface area contributed by atoms with E-state index in [-0.39, 0.29) is 57.7 Å². The summed E-state index contributed by atoms with van der Waals surface area (Å²) < 4.78 is 10.2. The molecule has 0 fully saturated rings. The fourth-order valence-electron chi connectivity index (χ4n) is 4.95. The van der Waals surface area contributed by atoms with E-state index in [1.807, 2.05) is 19.9 Å². The molecule has 6 amide bonds. The van der Waals surface area contributed by atoms with Crippen molar-refractivity contribution >= 4 is 41.6 Å². The van der Waals surface area contributed by atoms with E-state index >= 15 is 0 Å². The molecule has 8 N–H and O–H groups in total. The Balaban J connectivity index is 2.30. The number of carbonyl (C=O) groups is 7. The van der Waals surface area contributed by atoms with Crippen LogP contribution in [-0.4, -0.2) is 72.4 Å². The van der Waals surface area contributed by atoms with Crippen LogP contribution in [0.2, 0.25) is 0 Å². The molecule has 2 aromatic rings. The molecule has 0 unspecified atom stereocenters. The third kappa shape index (κ3) is 17.3. The number of alkyl carbamates (subject to hydrolysis) is 1. The Bertz CT molecular complexity index is 1520. The van der Waals surface area contributed by atoms with E-state index in [0.717, 1.165) is 11.6 Å². The van der Waals surface area contributed by atoms with Crippen LogP contribution in [0.3, 0.4) is 0 Å². The van der Waals surface area contributed by atoms with Crippen LogP contribution in [0, 0.1) is 5.92 Å². The van der Waals surface area contributed by atoms with Crippen LogP contribution in [0.15, 0.2) is 72.8 Å². The van der Waals surface area contributed by atoms with Gasteiger partial charge in [0.2, 0.25) is 29.5 Å². The molecule has 0 saturated heterocycles. The molecule has 2 rings (SSSR count). The average molecular weight is 723 g/mol. The van der Waals surface area contributed by atoms with Crippen LogP contribution in [0.4, 0.5) is 4.79 Å². The number of hydrogen-bond donors (Lipinski definition) is 6. The van der Waals surface area contributed by atoms with Gasteiger partial charge >= 0.3 is 12.1 Å². The van der Waals surface area contributed by atoms with Gasteiger partial charge in [0, 0.05) is 31.4 Å². The van der Waals surface area contributed by atoms with Crippen LogP contribution in [0.25, 0.3) is 0 Å². The third-order valence-corrected chi connectivity index (χ3v) is 7.54. The zero-order valence-electron chi connectivity index (χ0n) is 29.8. The number of esters is 1. The minimum atomic E-state index is -1.32. The van der Waals surface area contributed by atoms with E-state index in [1.54, 1.807) is 61.5 Å². The molecule has 4 atom stereocenters. The van der Waals surface area contributed by atoms with Crippen molar-refractivity contribution in [1.29, 1.82) is 0 Å². The number of carbonyl (C=O) groups excluding carboxylic acids is 7. The topological polar surface area (TPSA) is 238 Å². The highest BCUT2D eigenvalue weighted by Gasteiger charge is 2.31. The lowest BCUT2D eigenvalue weighted by Gasteiger charge is -2.26. The molecule has 0 spiro atoms. The Labute approximate surface area is 303 Å². The Hall–Kier alpha value is -5.73. The number of ether oxygens (including phenoxy) is 2. The minimum Gasteiger partial charge on any atom is -0.463 e. The van der Waals surface area contributed by atoms with Gasteiger partial charge in [-0.1, -0.05) is 80.6 Å². The van der Waals surface area contributed by atoms with Crippen molar-refractivity contribution < 1.29 is 43.0 Å². The smallest absolute Gasteiger partial charge is 0.408 e. The van der Waals surface area contributed by atoms with Crippen molar-refractivity contribution in [3.05, 3.63) is 83.9 Å². The normalized spacial score (nSPS) is 13.2. The molecule has 52 heavy (non-hydrogen) atoms. The van der Waals surface area contributed by atoms with E-state index in [2.05, 4.69) is 21.3 Å². The summed E-state index contributed by atoms with van der Waals surface area (Å²) in [5.41, 5.74) is 12.1. The number of primary amides is 2. The number of benzene rings is 2. The summed E-state index contributed by atoms with van der Waals surface area (Å²) in [6.45, 7) is 5.46. The second kappa shape index (κ2) is 22.9. The summed E-state index contributed by atoms with van der Waals surface area (Å²) in [7, 11) is 0. The monoisotopic (exact) mass is 722 g/mol. The number of rotatable bonds is 22. The van der Waals surface area contributed by atoms with E-state index in [9.17, 15) is 33.6 Å². The first-order valence-corrected chi connectivity index (χ1v) is 17.1. The summed E-state index contributed by atoms with van der Waals surface area (Å²) in [4.78, 5) is 88.9. The van der Waals surface area contributed by atoms with E-state index in [0.29, 0.717) is 5.56 Å². The van der Waals surface area contributed by atoms with Crippen molar-refractivity contribution in [3.63, 3.8) is 0 Å². The van der Waals surface area contributed by atoms with Crippen molar-refractivity contribution in [3.8, 4) is 0 Å². The average Bonchev–Trinajstić information content (AvgIpc) is 3.10. The molecule has 2 aromatic carbocycles. The van der Waals surface area contributed by atoms with E-state index in [1.165, 1.54) is 6.08 Å². The lowest BCUT2D eigenvalue weighted by molar-refractivity contribution is -0.137. The van der Waals surface area contributed by atoms with Gasteiger partial charge in [-0.15, -0.1) is 0 Å². The lowest BCUT2D eigenvalue weighted by atomic mass is 10.0. The summed E-state index contributed by atoms with van der Waals surface area (Å²) in [5.74, 6) is -4.24. The molecule has 0 bridgehead atoms. The number of hydrogen-bond acceptors (Lipinski definition) is 9. The minimum absolute atomic E-state index is 0.0128. The zero-order chi connectivity index (χ0) is 38.5. The predicted molar refractivity (Wildman–Crippen MR) is 192 cm³/mol. The second-order valence-electron chi connectivity index (χ2n) is 12.4. The van der Waals surface area contributed by atoms with Crippen molar-refractivity contribution in [2.45, 2.75) is 90.1 Å². The maximum Gasteiger partial charge on any atom is 0.408 e. The van der Waals surface area contributed by atoms with Crippen molar-refractivity contribution in [1.82, 2.24) is 21.3 Å². The Morgan fingerprint density at radius 1 is 0.673 bits per heavy atom. The van der Waals surface area contributed by atoms with Gasteiger partial charge in [-0.05, 0) is 43.2 Å². The summed E-state index contributed by atoms with van der Waals surface area (Å²) in [6.07, 6.45) is 1.26. The lowest BCUT2D eigenvalue weighted by Crippen LogP contribution is -2.58. The van der Waals surface area contributed by atoms with Crippen LogP contribution in [0.1, 0.15) is 64.0 Å². The molecule has 15 nitrogen and oxygen atoms in total. The Kier molecular flexibility index (Phi) is 18.7. The summed E-state index contributed by atoms with van der Waals surface area (Å²) in [5, 5.41) is 10.6. The van der Waals surface area contributed by atoms with Crippen molar-refractivity contribution in [2.24, 2.45) is 17.4 Å². The fraction of sp³-hybridized carbons (Fsp3) is 0.432. The second-order valence-corrected chi connectivity index (χ2v) is 12.4. The highest BCUT2D eigenvalue weighted by atomic mass is 16.5. The first kappa shape index (κ1) is 42.4. The highest BCUT2D eigenvalue weighted by Crippen LogP contribution is 2.11. The highest BCUT2D eigenvalue weighted by molar-refractivity contribution is 5.94. The van der Waals surface area contributed by atoms with Gasteiger partial charge in [-0.3, -0.25) is 24.0 Å². The molecule has 15 heteroatoms. The predicted octanol–water partition coefficient (Wildman–Crippen LogP) is 1.67. The largest absolute Gasteiger partial charge is 0.463 e. The Morgan fingerprint density at radius 2 is 1.21 bits per heavy atom. The number of nitrogens with two attached hydrogens (primary N) is 2. The van der Waals surface area contributed by atoms with Crippen LogP contribution in [-0.2, 0) is 51.3 Å². The molecule has 0 saturated carbocycles. The Morgan fingerprint density at radius 3 is 1.79 bits per heavy atom. The summed E-state index contributed by atoms with van der Waals surface area (Å²) in [6, 6.07) is 13.3. The quantitative estimate of drug-likeness (QED) is 0.0765. The molecule has 0 radical (unpaired) electrons. The third-order valence-electron chi connectivity index (χ3n) is 7.54. The van der Waals surface area contributed by atoms with Gasteiger partial charge in [0.15, 0.2) is 0 Å². The fourth-order valence-corrected chi connectivity index (χ4v) is 4.95. The van der Waals surface area contributed by atoms with Gasteiger partial charge in [0.25, 0.3) is 0 Å². The molecular weight excluding hydrogens is 672 g/mol. The molecule has 0 heterocycles. The van der Waals surface area contributed by atoms with Gasteiger partial charge in [0.05, 0.1) is 6.61 Å². The van der Waals surface area contributed by atoms with Crippen LogP contribution < -0.4 is 32.7 Å². The molecule has 0 aliphatic rings. The van der Waals surface area contributed by atoms with Gasteiger partial charge in [0.1, 0.15) is 24.7 Å². The van der Waals surface area contributed by atoms with Gasteiger partial charge in [-0.2, -0.15) is 0 Å². The molecule has 0 aromatic heterocycles. The maximum absolute atomic E-state index is 13.9. The van der Waals surface area contributed by atoms with Gasteiger partial charge in [-0.25, -0.2) is 9.59 Å². The first-order chi connectivity index (χ1) is 24.8. The molecular formula is C37H50N6O9. The maximum atomic E-state index is 13.9. The molecule has 0 aliphatic carbocycles. The SMILES string of the molecule is CCOC(=O)/C=C/[C@H](CCC(N)=O)NC(=O)[C@H](CCC(N)=O)NC(=O)[C@H](Cc1ccccc1)NC(=O)[C@H](CC(C)C)NC(=O)OCc1ccccc1. The van der Waals surface area contributed by atoms with Gasteiger partial charge < -0.3 is 42.2 Å². The van der Waals surface area contributed by atoms with Crippen molar-refractivity contribution in [2.75, 3.05) is 6.61 Å². The molecule has 0 aliphatic heterocycles. The number of amides is 6. The number of nitrogens with one attached hydrogen (secondary N) is 4. The van der Waals surface area contributed by atoms with E-state index < -0.39 is 65.8 Å². The standard InChI is InChI=1S/C37H50N6O9/c1-4-51-33(46)20-16-27(15-18-31(38)44)40-34(47)28(17-19-32(39)45)41-36(49)30(22-25-11-7-5-8-12-25)42-35(48)29(21-24(2)3)43-37(50)52-23-26-13-9-6-10-14-26/h5-14,16,20,24,27-30H,4,15,17-19,21-23H2,1-3H3,(H2,38,44)(H2,39,45)(H,40,47)(H,41,49)(H,42,48)(H,43,50)/b20-16+/t27-,28-,29-,30-/m0/s1. The van der Waals surface area contributed by atoms with E-state index in [4.69, 9.17) is 20.9 Å². The van der Waals surface area contributed by atoms with Crippen LogP contribution >= 0.6 is 0 Å². The zero-order valence-corrected chi connectivity index (χ0v) is 29.8. The molecule has 282 valence electrons. The van der Waals surface area contributed by atoms with Crippen LogP contribution in [0.5, 0.6) is 0 Å². The summed E-state index contributed by atoms with van der Waals surface area (Å²) >= 11 is 0.